The number of rotatable bonds is 48. The molecule has 0 aromatic rings. The van der Waals surface area contributed by atoms with Crippen molar-refractivity contribution >= 4 is 19.7 Å². The predicted octanol–water partition coefficient (Wildman–Crippen LogP) is 16.3. The van der Waals surface area contributed by atoms with E-state index in [1.807, 2.05) is 45.4 Å². The summed E-state index contributed by atoms with van der Waals surface area (Å²) in [6.07, 6.45) is 61.7. The first-order valence-electron chi connectivity index (χ1n) is 27.4. The first kappa shape index (κ1) is 65.2. The first-order chi connectivity index (χ1) is 32.9. The van der Waals surface area contributed by atoms with E-state index in [0.717, 1.165) is 77.0 Å². The highest BCUT2D eigenvalue weighted by atomic mass is 31.2. The molecule has 0 fully saturated rings. The van der Waals surface area contributed by atoms with Gasteiger partial charge < -0.3 is 19.4 Å². The molecule has 0 heterocycles. The number of unbranched alkanes of at least 4 members (excludes halogenated alkanes) is 20. The number of nitrogens with one attached hydrogen (secondary N) is 1. The van der Waals surface area contributed by atoms with E-state index in [2.05, 4.69) is 86.8 Å². The fraction of sp³-hybridized carbons (Fsp3) is 0.724. The number of nitrogens with zero attached hydrogens (tertiary/aromatic N) is 1. The number of ether oxygens (including phenoxy) is 1. The van der Waals surface area contributed by atoms with Gasteiger partial charge in [-0.2, -0.15) is 0 Å². The van der Waals surface area contributed by atoms with Gasteiger partial charge in [-0.15, -0.1) is 0 Å². The summed E-state index contributed by atoms with van der Waals surface area (Å²) in [5.74, 6) is -0.607. The lowest BCUT2D eigenvalue weighted by molar-refractivity contribution is -0.870. The van der Waals surface area contributed by atoms with Crippen LogP contribution in [0.25, 0.3) is 0 Å². The molecular weight excluding hydrogens is 868 g/mol. The lowest BCUT2D eigenvalue weighted by Crippen LogP contribution is -2.47. The summed E-state index contributed by atoms with van der Waals surface area (Å²) in [5, 5.41) is 2.99. The summed E-state index contributed by atoms with van der Waals surface area (Å²) in [7, 11) is 1.44. The predicted molar refractivity (Wildman–Crippen MR) is 291 cm³/mol. The van der Waals surface area contributed by atoms with Crippen LogP contribution in [-0.2, 0) is 27.9 Å². The average molecular weight is 972 g/mol. The standard InChI is InChI=1S/C58H103N2O7P/c1-7-10-13-16-19-22-25-27-28-29-30-31-32-33-36-38-41-44-47-50-57(61)59-55(54-66-68(63,64)65-53-52-60(4,5)6)56(49-46-43-40-37-35-26-23-20-17-14-11-8-2)67-58(62)51-48-45-42-39-34-24-21-18-15-12-9-3/h10,13,19,22,27-28,30-31,33,36,41,44,46,49,55-56H,7-9,11-12,14-18,20-21,23-26,29,32,34-35,37-40,42-43,45,47-48,50-54H2,1-6H3,(H-,59,61,63,64)/p+1/b13-10-,22-19-,28-27-,31-30-,36-33-,44-41-,49-46-. The normalized spacial score (nSPS) is 14.5. The fourth-order valence-electron chi connectivity index (χ4n) is 7.37. The Kier molecular flexibility index (Phi) is 45.9. The maximum Gasteiger partial charge on any atom is 0.472 e. The van der Waals surface area contributed by atoms with Gasteiger partial charge in [0.05, 0.1) is 33.8 Å². The van der Waals surface area contributed by atoms with Crippen LogP contribution >= 0.6 is 7.82 Å². The summed E-state index contributed by atoms with van der Waals surface area (Å²) in [5.41, 5.74) is 0. The molecule has 0 aromatic carbocycles. The van der Waals surface area contributed by atoms with Gasteiger partial charge in [0.2, 0.25) is 5.91 Å². The van der Waals surface area contributed by atoms with Crippen molar-refractivity contribution in [1.82, 2.24) is 5.32 Å². The number of amides is 1. The second-order valence-electron chi connectivity index (χ2n) is 19.4. The number of carbonyl (C=O) groups is 2. The average Bonchev–Trinajstić information content (AvgIpc) is 3.29. The summed E-state index contributed by atoms with van der Waals surface area (Å²) in [6, 6.07) is -0.888. The van der Waals surface area contributed by atoms with Gasteiger partial charge >= 0.3 is 13.8 Å². The number of phosphoric acid groups is 1. The van der Waals surface area contributed by atoms with E-state index in [1.165, 1.54) is 103 Å². The van der Waals surface area contributed by atoms with Crippen LogP contribution in [0, 0.1) is 0 Å². The van der Waals surface area contributed by atoms with Crippen LogP contribution in [0.4, 0.5) is 0 Å². The van der Waals surface area contributed by atoms with Crippen LogP contribution < -0.4 is 5.32 Å². The van der Waals surface area contributed by atoms with Gasteiger partial charge in [0.15, 0.2) is 0 Å². The van der Waals surface area contributed by atoms with Crippen molar-refractivity contribution in [2.45, 2.75) is 232 Å². The zero-order valence-electron chi connectivity index (χ0n) is 44.6. The molecular formula is C58H104N2O7P+. The van der Waals surface area contributed by atoms with Crippen molar-refractivity contribution in [2.24, 2.45) is 0 Å². The highest BCUT2D eigenvalue weighted by Gasteiger charge is 2.30. The Labute approximate surface area is 418 Å². The van der Waals surface area contributed by atoms with Gasteiger partial charge in [-0.1, -0.05) is 222 Å². The molecule has 0 aliphatic rings. The molecule has 0 bridgehead atoms. The van der Waals surface area contributed by atoms with Crippen molar-refractivity contribution in [3.05, 3.63) is 85.1 Å². The van der Waals surface area contributed by atoms with E-state index >= 15 is 0 Å². The number of allylic oxidation sites excluding steroid dienone is 13. The molecule has 3 unspecified atom stereocenters. The maximum absolute atomic E-state index is 13.4. The molecule has 0 rings (SSSR count). The number of hydrogen-bond donors (Lipinski definition) is 2. The molecule has 0 radical (unpaired) electrons. The summed E-state index contributed by atoms with van der Waals surface area (Å²) < 4.78 is 30.5. The Morgan fingerprint density at radius 2 is 0.956 bits per heavy atom. The molecule has 0 aliphatic carbocycles. The second kappa shape index (κ2) is 47.8. The van der Waals surface area contributed by atoms with Gasteiger partial charge in [-0.05, 0) is 70.3 Å². The Morgan fingerprint density at radius 1 is 0.529 bits per heavy atom. The van der Waals surface area contributed by atoms with E-state index in [0.29, 0.717) is 17.4 Å². The van der Waals surface area contributed by atoms with Crippen molar-refractivity contribution in [2.75, 3.05) is 40.9 Å². The molecule has 9 nitrogen and oxygen atoms in total. The number of likely N-dealkylation sites (N-methyl/N-ethyl adjacent to an activating group) is 1. The SMILES string of the molecule is CC/C=C\C/C=C\C/C=C\C/C=C\C/C=C\C/C=C\CCC(=O)NC(COP(=O)(O)OCC[N+](C)(C)C)C(/C=C\CCCCCCCCCCCC)OC(=O)CCCCCCCCCCCCC. The van der Waals surface area contributed by atoms with E-state index in [-0.39, 0.29) is 37.9 Å². The molecule has 0 aliphatic heterocycles. The Balaban J connectivity index is 5.48. The second-order valence-corrected chi connectivity index (χ2v) is 20.8. The van der Waals surface area contributed by atoms with Gasteiger partial charge in [0.1, 0.15) is 19.3 Å². The first-order valence-corrected chi connectivity index (χ1v) is 28.9. The number of carbonyl (C=O) groups excluding carboxylic acids is 2. The molecule has 68 heavy (non-hydrogen) atoms. The lowest BCUT2D eigenvalue weighted by atomic mass is 10.0. The zero-order chi connectivity index (χ0) is 50.1. The summed E-state index contributed by atoms with van der Waals surface area (Å²) >= 11 is 0. The van der Waals surface area contributed by atoms with Crippen LogP contribution in [0.15, 0.2) is 85.1 Å². The fourth-order valence-corrected chi connectivity index (χ4v) is 8.11. The molecule has 0 saturated heterocycles. The van der Waals surface area contributed by atoms with E-state index in [4.69, 9.17) is 13.8 Å². The van der Waals surface area contributed by atoms with Crippen molar-refractivity contribution in [3.8, 4) is 0 Å². The third kappa shape index (κ3) is 48.2. The van der Waals surface area contributed by atoms with Gasteiger partial charge in [-0.3, -0.25) is 18.6 Å². The third-order valence-electron chi connectivity index (χ3n) is 11.6. The van der Waals surface area contributed by atoms with Crippen LogP contribution in [0.5, 0.6) is 0 Å². The van der Waals surface area contributed by atoms with Crippen LogP contribution in [0.2, 0.25) is 0 Å². The van der Waals surface area contributed by atoms with Crippen LogP contribution in [-0.4, -0.2) is 74.3 Å². The van der Waals surface area contributed by atoms with Crippen molar-refractivity contribution < 1.29 is 37.3 Å². The van der Waals surface area contributed by atoms with E-state index in [1.54, 1.807) is 0 Å². The topological polar surface area (TPSA) is 111 Å². The summed E-state index contributed by atoms with van der Waals surface area (Å²) in [6.45, 7) is 6.81. The molecule has 3 atom stereocenters. The number of quaternary nitrogens is 1. The Bertz CT molecular complexity index is 1440. The molecule has 1 amide bonds. The molecule has 10 heteroatoms. The highest BCUT2D eigenvalue weighted by Crippen LogP contribution is 2.43. The van der Waals surface area contributed by atoms with Gasteiger partial charge in [0.25, 0.3) is 0 Å². The maximum atomic E-state index is 13.4. The minimum Gasteiger partial charge on any atom is -0.456 e. The van der Waals surface area contributed by atoms with E-state index < -0.39 is 20.0 Å². The van der Waals surface area contributed by atoms with Gasteiger partial charge in [0, 0.05) is 12.8 Å². The monoisotopic (exact) mass is 972 g/mol. The minimum absolute atomic E-state index is 0.0242. The van der Waals surface area contributed by atoms with Crippen LogP contribution in [0.1, 0.15) is 220 Å². The zero-order valence-corrected chi connectivity index (χ0v) is 45.5. The number of hydrogen-bond acceptors (Lipinski definition) is 6. The molecule has 0 aromatic heterocycles. The minimum atomic E-state index is -4.46. The smallest absolute Gasteiger partial charge is 0.456 e. The molecule has 0 saturated carbocycles. The van der Waals surface area contributed by atoms with E-state index in [9.17, 15) is 19.0 Å². The lowest BCUT2D eigenvalue weighted by Gasteiger charge is -2.27. The molecule has 392 valence electrons. The van der Waals surface area contributed by atoms with Crippen molar-refractivity contribution in [3.63, 3.8) is 0 Å². The van der Waals surface area contributed by atoms with Crippen molar-refractivity contribution in [1.29, 1.82) is 0 Å². The quantitative estimate of drug-likeness (QED) is 0.0205. The molecule has 2 N–H and O–H groups in total. The Morgan fingerprint density at radius 3 is 1.41 bits per heavy atom. The number of esters is 1. The Hall–Kier alpha value is -2.81. The summed E-state index contributed by atoms with van der Waals surface area (Å²) in [4.78, 5) is 37.4. The third-order valence-corrected chi connectivity index (χ3v) is 12.6. The molecule has 0 spiro atoms. The number of phosphoric ester groups is 1. The largest absolute Gasteiger partial charge is 0.472 e. The highest BCUT2D eigenvalue weighted by molar-refractivity contribution is 7.47. The van der Waals surface area contributed by atoms with Crippen LogP contribution in [0.3, 0.4) is 0 Å². The van der Waals surface area contributed by atoms with Gasteiger partial charge in [-0.25, -0.2) is 4.57 Å².